The quantitative estimate of drug-likeness (QED) is 0.719. The van der Waals surface area contributed by atoms with Crippen molar-refractivity contribution < 1.29 is 4.74 Å². The molecule has 0 amide bonds. The van der Waals surface area contributed by atoms with Crippen molar-refractivity contribution in [1.29, 1.82) is 0 Å². The minimum Gasteiger partial charge on any atom is -0.497 e. The second kappa shape index (κ2) is 4.55. The molecule has 0 fully saturated rings. The minimum atomic E-state index is 0.593. The van der Waals surface area contributed by atoms with Crippen molar-refractivity contribution in [2.75, 3.05) is 7.11 Å². The van der Waals surface area contributed by atoms with Crippen LogP contribution in [-0.2, 0) is 0 Å². The first-order chi connectivity index (χ1) is 9.20. The van der Waals surface area contributed by atoms with Crippen molar-refractivity contribution in [3.63, 3.8) is 0 Å². The smallest absolute Gasteiger partial charge is 0.174 e. The van der Waals surface area contributed by atoms with Gasteiger partial charge in [0.2, 0.25) is 0 Å². The summed E-state index contributed by atoms with van der Waals surface area (Å²) in [4.78, 5) is 4.27. The Kier molecular flexibility index (Phi) is 2.87. The monoisotopic (exact) mass is 273 g/mol. The minimum absolute atomic E-state index is 0.593. The lowest BCUT2D eigenvalue weighted by Crippen LogP contribution is -1.95. The third-order valence-electron chi connectivity index (χ3n) is 3.01. The molecule has 0 aliphatic heterocycles. The molecule has 0 atom stereocenters. The Labute approximate surface area is 115 Å². The van der Waals surface area contributed by atoms with E-state index in [4.69, 9.17) is 16.3 Å². The summed E-state index contributed by atoms with van der Waals surface area (Å²) in [6.07, 6.45) is 1.74. The summed E-state index contributed by atoms with van der Waals surface area (Å²) in [6.45, 7) is 1.87. The first kappa shape index (κ1) is 12.0. The maximum absolute atomic E-state index is 6.18. The number of nitrogens with zero attached hydrogens (tertiary/aromatic N) is 3. The van der Waals surface area contributed by atoms with Gasteiger partial charge in [-0.3, -0.25) is 0 Å². The van der Waals surface area contributed by atoms with Crippen LogP contribution in [0, 0.1) is 6.92 Å². The number of aryl methyl sites for hydroxylation is 1. The number of hydrogen-bond acceptors (Lipinski definition) is 3. The Morgan fingerprint density at radius 3 is 2.58 bits per heavy atom. The van der Waals surface area contributed by atoms with Gasteiger partial charge in [0, 0.05) is 11.8 Å². The van der Waals surface area contributed by atoms with Crippen LogP contribution in [0.1, 0.15) is 5.69 Å². The second-order valence-corrected chi connectivity index (χ2v) is 4.57. The van der Waals surface area contributed by atoms with Crippen molar-refractivity contribution in [3.8, 4) is 17.0 Å². The predicted molar refractivity (Wildman–Crippen MR) is 74.7 cm³/mol. The van der Waals surface area contributed by atoms with Crippen molar-refractivity contribution in [3.05, 3.63) is 47.2 Å². The predicted octanol–water partition coefficient (Wildman–Crippen LogP) is 3.37. The molecule has 0 saturated heterocycles. The van der Waals surface area contributed by atoms with Gasteiger partial charge < -0.3 is 4.74 Å². The lowest BCUT2D eigenvalue weighted by molar-refractivity contribution is 0.415. The Hall–Kier alpha value is -2.07. The maximum atomic E-state index is 6.18. The summed E-state index contributed by atoms with van der Waals surface area (Å²) >= 11 is 6.18. The molecule has 0 N–H and O–H groups in total. The van der Waals surface area contributed by atoms with E-state index < -0.39 is 0 Å². The standard InChI is InChI=1S/C14H12ClN3O/c1-9-13(15)14-16-8-7-12(18(14)17-9)10-3-5-11(19-2)6-4-10/h3-8H,1-2H3. The zero-order valence-electron chi connectivity index (χ0n) is 10.6. The van der Waals surface area contributed by atoms with Crippen LogP contribution in [0.5, 0.6) is 5.75 Å². The molecule has 96 valence electrons. The number of methoxy groups -OCH3 is 1. The van der Waals surface area contributed by atoms with Gasteiger partial charge in [0.05, 0.1) is 18.5 Å². The van der Waals surface area contributed by atoms with Gasteiger partial charge in [-0.1, -0.05) is 11.6 Å². The highest BCUT2D eigenvalue weighted by molar-refractivity contribution is 6.34. The Morgan fingerprint density at radius 1 is 1.16 bits per heavy atom. The first-order valence-corrected chi connectivity index (χ1v) is 6.23. The van der Waals surface area contributed by atoms with E-state index in [2.05, 4.69) is 10.1 Å². The molecule has 1 aromatic carbocycles. The highest BCUT2D eigenvalue weighted by atomic mass is 35.5. The van der Waals surface area contributed by atoms with Crippen LogP contribution in [-0.4, -0.2) is 21.7 Å². The van der Waals surface area contributed by atoms with Crippen molar-refractivity contribution in [2.45, 2.75) is 6.92 Å². The van der Waals surface area contributed by atoms with E-state index >= 15 is 0 Å². The number of fused-ring (bicyclic) bond motifs is 1. The second-order valence-electron chi connectivity index (χ2n) is 4.19. The molecule has 19 heavy (non-hydrogen) atoms. The summed E-state index contributed by atoms with van der Waals surface area (Å²) in [5, 5.41) is 5.02. The van der Waals surface area contributed by atoms with Crippen LogP contribution >= 0.6 is 11.6 Å². The van der Waals surface area contributed by atoms with E-state index in [-0.39, 0.29) is 0 Å². The van der Waals surface area contributed by atoms with Crippen LogP contribution in [0.15, 0.2) is 36.5 Å². The maximum Gasteiger partial charge on any atom is 0.174 e. The number of aromatic nitrogens is 3. The molecule has 3 rings (SSSR count). The summed E-state index contributed by atoms with van der Waals surface area (Å²) in [7, 11) is 1.65. The molecule has 2 aromatic heterocycles. The third kappa shape index (κ3) is 1.94. The van der Waals surface area contributed by atoms with Crippen molar-refractivity contribution in [2.24, 2.45) is 0 Å². The zero-order valence-corrected chi connectivity index (χ0v) is 11.3. The number of hydrogen-bond donors (Lipinski definition) is 0. The fraction of sp³-hybridized carbons (Fsp3) is 0.143. The first-order valence-electron chi connectivity index (χ1n) is 5.85. The van der Waals surface area contributed by atoms with E-state index in [9.17, 15) is 0 Å². The van der Waals surface area contributed by atoms with Crippen LogP contribution in [0.4, 0.5) is 0 Å². The van der Waals surface area contributed by atoms with Gasteiger partial charge >= 0.3 is 0 Å². The molecule has 0 aliphatic rings. The summed E-state index contributed by atoms with van der Waals surface area (Å²) in [5.74, 6) is 0.823. The molecular formula is C14H12ClN3O. The SMILES string of the molecule is COc1ccc(-c2ccnc3c(Cl)c(C)nn23)cc1. The van der Waals surface area contributed by atoms with Crippen LogP contribution < -0.4 is 4.74 Å². The largest absolute Gasteiger partial charge is 0.497 e. The molecular weight excluding hydrogens is 262 g/mol. The molecule has 2 heterocycles. The molecule has 0 saturated carbocycles. The Bertz CT molecular complexity index is 734. The van der Waals surface area contributed by atoms with Gasteiger partial charge in [-0.2, -0.15) is 5.10 Å². The zero-order chi connectivity index (χ0) is 13.4. The topological polar surface area (TPSA) is 39.4 Å². The van der Waals surface area contributed by atoms with Crippen molar-refractivity contribution in [1.82, 2.24) is 14.6 Å². The molecule has 3 aromatic rings. The molecule has 5 heteroatoms. The highest BCUT2D eigenvalue weighted by Gasteiger charge is 2.11. The van der Waals surface area contributed by atoms with E-state index in [1.165, 1.54) is 0 Å². The van der Waals surface area contributed by atoms with E-state index in [0.29, 0.717) is 10.7 Å². The average molecular weight is 274 g/mol. The summed E-state index contributed by atoms with van der Waals surface area (Å²) in [6, 6.07) is 9.72. The molecule has 4 nitrogen and oxygen atoms in total. The van der Waals surface area contributed by atoms with Gasteiger partial charge in [-0.25, -0.2) is 9.50 Å². The Balaban J connectivity index is 2.21. The Morgan fingerprint density at radius 2 is 1.89 bits per heavy atom. The van der Waals surface area contributed by atoms with E-state index in [1.54, 1.807) is 17.8 Å². The fourth-order valence-electron chi connectivity index (χ4n) is 2.00. The molecule has 0 unspecified atom stereocenters. The van der Waals surface area contributed by atoms with Gasteiger partial charge in [0.15, 0.2) is 5.65 Å². The average Bonchev–Trinajstić information content (AvgIpc) is 2.75. The van der Waals surface area contributed by atoms with Crippen LogP contribution in [0.2, 0.25) is 5.02 Å². The molecule has 0 bridgehead atoms. The molecule has 0 spiro atoms. The van der Waals surface area contributed by atoms with Gasteiger partial charge in [-0.05, 0) is 37.3 Å². The lowest BCUT2D eigenvalue weighted by Gasteiger charge is -2.05. The van der Waals surface area contributed by atoms with E-state index in [0.717, 1.165) is 22.7 Å². The highest BCUT2D eigenvalue weighted by Crippen LogP contribution is 2.26. The number of benzene rings is 1. The number of ether oxygens (including phenoxy) is 1. The lowest BCUT2D eigenvalue weighted by atomic mass is 10.1. The summed E-state index contributed by atoms with van der Waals surface area (Å²) in [5.41, 5.74) is 3.43. The molecule has 0 aliphatic carbocycles. The number of halogens is 1. The molecule has 0 radical (unpaired) electrons. The van der Waals surface area contributed by atoms with E-state index in [1.807, 2.05) is 37.3 Å². The van der Waals surface area contributed by atoms with Gasteiger partial charge in [0.1, 0.15) is 10.8 Å². The van der Waals surface area contributed by atoms with Gasteiger partial charge in [0.25, 0.3) is 0 Å². The van der Waals surface area contributed by atoms with Crippen LogP contribution in [0.3, 0.4) is 0 Å². The third-order valence-corrected chi connectivity index (χ3v) is 3.45. The number of rotatable bonds is 2. The van der Waals surface area contributed by atoms with Gasteiger partial charge in [-0.15, -0.1) is 0 Å². The summed E-state index contributed by atoms with van der Waals surface area (Å²) < 4.78 is 6.92. The van der Waals surface area contributed by atoms with Crippen LogP contribution in [0.25, 0.3) is 16.9 Å². The normalized spacial score (nSPS) is 10.9. The fourth-order valence-corrected chi connectivity index (χ4v) is 2.17. The van der Waals surface area contributed by atoms with Crippen molar-refractivity contribution >= 4 is 17.2 Å².